The van der Waals surface area contributed by atoms with Crippen LogP contribution in [0.2, 0.25) is 5.02 Å². The van der Waals surface area contributed by atoms with Crippen molar-refractivity contribution in [2.45, 2.75) is 19.4 Å². The fraction of sp³-hybridized carbons (Fsp3) is 0.133. The van der Waals surface area contributed by atoms with E-state index in [1.165, 1.54) is 5.56 Å². The molecule has 7 heteroatoms. The Morgan fingerprint density at radius 2 is 1.35 bits per heavy atom. The number of nitrogens with one attached hydrogen (secondary N) is 2. The van der Waals surface area contributed by atoms with E-state index in [9.17, 15) is 9.59 Å². The molecule has 0 aromatic heterocycles. The number of carbonyl (C=O) groups excluding carboxylic acids is 2. The smallest absolute Gasteiger partial charge is 0.265 e. The average molecular weight is 515 g/mol. The van der Waals surface area contributed by atoms with Crippen LogP contribution in [0.4, 0.5) is 11.4 Å². The zero-order valence-corrected chi connectivity index (χ0v) is 21.1. The second-order valence-corrected chi connectivity index (χ2v) is 8.70. The van der Waals surface area contributed by atoms with Crippen molar-refractivity contribution in [1.29, 1.82) is 0 Å². The van der Waals surface area contributed by atoms with Crippen LogP contribution in [0.3, 0.4) is 0 Å². The predicted octanol–water partition coefficient (Wildman–Crippen LogP) is 6.62. The first-order chi connectivity index (χ1) is 18.0. The number of para-hydroxylation sites is 2. The van der Waals surface area contributed by atoms with Gasteiger partial charge in [0.1, 0.15) is 11.5 Å². The first-order valence-electron chi connectivity index (χ1n) is 11.9. The Labute approximate surface area is 221 Å². The first kappa shape index (κ1) is 25.8. The molecule has 0 saturated heterocycles. The fourth-order valence-electron chi connectivity index (χ4n) is 3.57. The van der Waals surface area contributed by atoms with E-state index in [4.69, 9.17) is 21.1 Å². The van der Waals surface area contributed by atoms with Crippen molar-refractivity contribution in [2.75, 3.05) is 17.2 Å². The van der Waals surface area contributed by atoms with Crippen LogP contribution in [0.15, 0.2) is 103 Å². The third kappa shape index (κ3) is 7.35. The Hall–Kier alpha value is -4.29. The summed E-state index contributed by atoms with van der Waals surface area (Å²) in [5.74, 6) is 0.355. The molecule has 0 aliphatic rings. The molecule has 1 atom stereocenters. The summed E-state index contributed by atoms with van der Waals surface area (Å²) in [7, 11) is 0. The second kappa shape index (κ2) is 12.6. The van der Waals surface area contributed by atoms with Crippen molar-refractivity contribution in [2.24, 2.45) is 0 Å². The first-order valence-corrected chi connectivity index (χ1v) is 12.3. The molecule has 1 unspecified atom stereocenters. The Kier molecular flexibility index (Phi) is 8.79. The third-order valence-electron chi connectivity index (χ3n) is 5.54. The summed E-state index contributed by atoms with van der Waals surface area (Å²) in [5.41, 5.74) is 2.77. The van der Waals surface area contributed by atoms with E-state index >= 15 is 0 Å². The van der Waals surface area contributed by atoms with E-state index in [1.54, 1.807) is 73.7 Å². The lowest BCUT2D eigenvalue weighted by molar-refractivity contribution is -0.122. The van der Waals surface area contributed by atoms with E-state index in [0.29, 0.717) is 40.1 Å². The van der Waals surface area contributed by atoms with E-state index in [2.05, 4.69) is 10.6 Å². The standard InChI is InChI=1S/C30H27ClN2O4/c1-21(37-28-14-8-6-12-26(28)31)29(34)32-23-15-17-24(18-16-23)33-30(35)25-11-5-7-13-27(25)36-20-19-22-9-3-2-4-10-22/h2-18,21H,19-20H2,1H3,(H,32,34)(H,33,35). The maximum atomic E-state index is 12.9. The van der Waals surface area contributed by atoms with Crippen LogP contribution >= 0.6 is 11.6 Å². The predicted molar refractivity (Wildman–Crippen MR) is 147 cm³/mol. The van der Waals surface area contributed by atoms with Gasteiger partial charge in [-0.15, -0.1) is 0 Å². The summed E-state index contributed by atoms with van der Waals surface area (Å²) in [5, 5.41) is 6.11. The number of rotatable bonds is 10. The summed E-state index contributed by atoms with van der Waals surface area (Å²) in [6.45, 7) is 2.11. The van der Waals surface area contributed by atoms with Crippen LogP contribution in [0.5, 0.6) is 11.5 Å². The Bertz CT molecular complexity index is 1340. The third-order valence-corrected chi connectivity index (χ3v) is 5.85. The minimum absolute atomic E-state index is 0.283. The summed E-state index contributed by atoms with van der Waals surface area (Å²) >= 11 is 6.10. The molecule has 0 radical (unpaired) electrons. The largest absolute Gasteiger partial charge is 0.492 e. The van der Waals surface area contributed by atoms with Gasteiger partial charge in [-0.25, -0.2) is 0 Å². The van der Waals surface area contributed by atoms with Gasteiger partial charge < -0.3 is 20.1 Å². The normalized spacial score (nSPS) is 11.3. The highest BCUT2D eigenvalue weighted by atomic mass is 35.5. The lowest BCUT2D eigenvalue weighted by Gasteiger charge is -2.16. The van der Waals surface area contributed by atoms with Crippen LogP contribution in [0.25, 0.3) is 0 Å². The number of anilines is 2. The molecule has 0 spiro atoms. The number of halogens is 1. The summed E-state index contributed by atoms with van der Waals surface area (Å²) in [4.78, 5) is 25.5. The molecule has 2 N–H and O–H groups in total. The molecular formula is C30H27ClN2O4. The molecule has 37 heavy (non-hydrogen) atoms. The second-order valence-electron chi connectivity index (χ2n) is 8.29. The minimum Gasteiger partial charge on any atom is -0.492 e. The molecule has 4 aromatic rings. The molecule has 2 amide bonds. The van der Waals surface area contributed by atoms with Gasteiger partial charge >= 0.3 is 0 Å². The maximum absolute atomic E-state index is 12.9. The number of ether oxygens (including phenoxy) is 2. The summed E-state index contributed by atoms with van der Waals surface area (Å²) in [6, 6.07) is 31.0. The summed E-state index contributed by atoms with van der Waals surface area (Å²) in [6.07, 6.45) is -0.0101. The maximum Gasteiger partial charge on any atom is 0.265 e. The number of amides is 2. The molecule has 6 nitrogen and oxygen atoms in total. The zero-order valence-electron chi connectivity index (χ0n) is 20.3. The highest BCUT2D eigenvalue weighted by Gasteiger charge is 2.17. The van der Waals surface area contributed by atoms with Crippen molar-refractivity contribution in [3.8, 4) is 11.5 Å². The van der Waals surface area contributed by atoms with Crippen LogP contribution in [0.1, 0.15) is 22.8 Å². The van der Waals surface area contributed by atoms with Crippen LogP contribution in [-0.2, 0) is 11.2 Å². The summed E-state index contributed by atoms with van der Waals surface area (Å²) < 4.78 is 11.6. The van der Waals surface area contributed by atoms with Crippen molar-refractivity contribution in [3.05, 3.63) is 119 Å². The van der Waals surface area contributed by atoms with Gasteiger partial charge in [0.2, 0.25) is 0 Å². The topological polar surface area (TPSA) is 76.7 Å². The lowest BCUT2D eigenvalue weighted by atomic mass is 10.1. The molecule has 0 saturated carbocycles. The molecule has 4 rings (SSSR count). The van der Waals surface area contributed by atoms with Gasteiger partial charge in [-0.05, 0) is 61.0 Å². The zero-order chi connectivity index (χ0) is 26.0. The van der Waals surface area contributed by atoms with Crippen LogP contribution in [-0.4, -0.2) is 24.5 Å². The molecular weight excluding hydrogens is 488 g/mol. The molecule has 4 aromatic carbocycles. The van der Waals surface area contributed by atoms with Gasteiger partial charge in [0, 0.05) is 17.8 Å². The molecule has 188 valence electrons. The highest BCUT2D eigenvalue weighted by molar-refractivity contribution is 6.32. The van der Waals surface area contributed by atoms with Gasteiger partial charge in [-0.1, -0.05) is 66.2 Å². The highest BCUT2D eigenvalue weighted by Crippen LogP contribution is 2.25. The van der Waals surface area contributed by atoms with Gasteiger partial charge in [-0.2, -0.15) is 0 Å². The van der Waals surface area contributed by atoms with Crippen LogP contribution < -0.4 is 20.1 Å². The lowest BCUT2D eigenvalue weighted by Crippen LogP contribution is -2.30. The van der Waals surface area contributed by atoms with Gasteiger partial charge in [0.05, 0.1) is 17.2 Å². The average Bonchev–Trinajstić information content (AvgIpc) is 2.92. The molecule has 0 bridgehead atoms. The van der Waals surface area contributed by atoms with Gasteiger partial charge in [0.25, 0.3) is 11.8 Å². The quantitative estimate of drug-likeness (QED) is 0.249. The molecule has 0 aliphatic carbocycles. The van der Waals surface area contributed by atoms with Gasteiger partial charge in [0.15, 0.2) is 6.10 Å². The number of benzene rings is 4. The number of hydrogen-bond acceptors (Lipinski definition) is 4. The van der Waals surface area contributed by atoms with Crippen molar-refractivity contribution in [3.63, 3.8) is 0 Å². The van der Waals surface area contributed by atoms with Crippen LogP contribution in [0, 0.1) is 0 Å². The van der Waals surface area contributed by atoms with Crippen molar-refractivity contribution < 1.29 is 19.1 Å². The monoisotopic (exact) mass is 514 g/mol. The Morgan fingerprint density at radius 1 is 0.757 bits per heavy atom. The Balaban J connectivity index is 1.31. The molecule has 0 aliphatic heterocycles. The van der Waals surface area contributed by atoms with E-state index in [1.807, 2.05) is 36.4 Å². The number of carbonyl (C=O) groups is 2. The number of hydrogen-bond donors (Lipinski definition) is 2. The Morgan fingerprint density at radius 3 is 2.05 bits per heavy atom. The molecule has 0 fully saturated rings. The fourth-order valence-corrected chi connectivity index (χ4v) is 3.75. The van der Waals surface area contributed by atoms with Crippen molar-refractivity contribution in [1.82, 2.24) is 0 Å². The van der Waals surface area contributed by atoms with E-state index in [0.717, 1.165) is 6.42 Å². The van der Waals surface area contributed by atoms with Gasteiger partial charge in [-0.3, -0.25) is 9.59 Å². The minimum atomic E-state index is -0.752. The molecule has 0 heterocycles. The van der Waals surface area contributed by atoms with Crippen molar-refractivity contribution >= 4 is 34.8 Å². The van der Waals surface area contributed by atoms with E-state index in [-0.39, 0.29) is 11.8 Å². The SMILES string of the molecule is CC(Oc1ccccc1Cl)C(=O)Nc1ccc(NC(=O)c2ccccc2OCCc2ccccc2)cc1. The van der Waals surface area contributed by atoms with E-state index < -0.39 is 6.10 Å².